The first-order valence-corrected chi connectivity index (χ1v) is 4.88. The summed E-state index contributed by atoms with van der Waals surface area (Å²) < 4.78 is 5.17. The third kappa shape index (κ3) is 2.69. The summed E-state index contributed by atoms with van der Waals surface area (Å²) in [6.07, 6.45) is -0.307. The lowest BCUT2D eigenvalue weighted by Gasteiger charge is -2.33. The van der Waals surface area contributed by atoms with E-state index < -0.39 is 24.3 Å². The fourth-order valence-electron chi connectivity index (χ4n) is 1.66. The van der Waals surface area contributed by atoms with Crippen molar-refractivity contribution < 1.29 is 34.4 Å². The molecule has 9 nitrogen and oxygen atoms in total. The molecule has 2 heterocycles. The maximum absolute atomic E-state index is 11.1. The van der Waals surface area contributed by atoms with Crippen LogP contribution in [0.5, 0.6) is 0 Å². The van der Waals surface area contributed by atoms with Crippen LogP contribution in [0.4, 0.5) is 4.79 Å². The monoisotopic (exact) mass is 260 g/mol. The number of nitrogens with zero attached hydrogens (tertiary/aromatic N) is 1. The number of ether oxygens (including phenoxy) is 1. The van der Waals surface area contributed by atoms with Crippen LogP contribution < -0.4 is 5.73 Å². The molecule has 2 amide bonds. The molecule has 0 bridgehead atoms. The summed E-state index contributed by atoms with van der Waals surface area (Å²) in [5, 5.41) is 24.7. The van der Waals surface area contributed by atoms with Gasteiger partial charge < -0.3 is 25.8 Å². The summed E-state index contributed by atoms with van der Waals surface area (Å²) >= 11 is 0. The number of aliphatic carboxylic acids is 1. The molecule has 100 valence electrons. The van der Waals surface area contributed by atoms with Gasteiger partial charge in [0.1, 0.15) is 5.76 Å². The normalized spacial score (nSPS) is 26.6. The molecule has 2 saturated heterocycles. The highest BCUT2D eigenvalue weighted by molar-refractivity contribution is 5.91. The number of hydrogen-bond donors (Lipinski definition) is 4. The van der Waals surface area contributed by atoms with Gasteiger partial charge in [0, 0.05) is 0 Å². The molecule has 0 aromatic rings. The number of primary amides is 1. The van der Waals surface area contributed by atoms with Crippen molar-refractivity contribution in [3.05, 3.63) is 11.8 Å². The maximum atomic E-state index is 11.1. The van der Waals surface area contributed by atoms with Crippen molar-refractivity contribution in [2.24, 2.45) is 5.73 Å². The van der Waals surface area contributed by atoms with E-state index in [4.69, 9.17) is 24.9 Å². The van der Waals surface area contributed by atoms with Crippen molar-refractivity contribution in [2.75, 3.05) is 6.61 Å². The fraction of sp³-hybridized carbons (Fsp3) is 0.444. The zero-order chi connectivity index (χ0) is 13.9. The molecule has 9 heteroatoms. The van der Waals surface area contributed by atoms with Crippen LogP contribution in [-0.4, -0.2) is 57.1 Å². The SMILES string of the molecule is NC(=O)O.O=C(O)[C@H]1/C(=C/CO)O[C@@H]2CC(=O)N21. The molecule has 0 aliphatic carbocycles. The Bertz CT molecular complexity index is 402. The third-order valence-electron chi connectivity index (χ3n) is 2.29. The number of amides is 2. The lowest BCUT2D eigenvalue weighted by Crippen LogP contribution is -2.54. The summed E-state index contributed by atoms with van der Waals surface area (Å²) in [6, 6.07) is -1.06. The number of β-lactam (4-membered cyclic amide) rings is 1. The minimum atomic E-state index is -1.33. The zero-order valence-corrected chi connectivity index (χ0v) is 9.15. The van der Waals surface area contributed by atoms with E-state index in [9.17, 15) is 9.59 Å². The van der Waals surface area contributed by atoms with E-state index in [-0.39, 0.29) is 24.7 Å². The summed E-state index contributed by atoms with van der Waals surface area (Å²) in [5.41, 5.74) is 4.03. The van der Waals surface area contributed by atoms with E-state index in [0.29, 0.717) is 0 Å². The molecule has 2 atom stereocenters. The second-order valence-corrected chi connectivity index (χ2v) is 3.45. The number of carbonyl (C=O) groups excluding carboxylic acids is 1. The molecule has 0 spiro atoms. The largest absolute Gasteiger partial charge is 0.479 e. The quantitative estimate of drug-likeness (QED) is 0.442. The van der Waals surface area contributed by atoms with Crippen LogP contribution in [-0.2, 0) is 14.3 Å². The van der Waals surface area contributed by atoms with Crippen molar-refractivity contribution in [3.63, 3.8) is 0 Å². The minimum Gasteiger partial charge on any atom is -0.479 e. The standard InChI is InChI=1S/C8H9NO5.CH3NO2/c10-2-1-4-7(8(12)13)9-5(11)3-6(9)14-4;2-1(3)4/h1,6-7,10H,2-3H2,(H,12,13);2H2,(H,3,4)/b4-1-;/t6-,7-;/m1./s1. The van der Waals surface area contributed by atoms with Crippen molar-refractivity contribution in [1.29, 1.82) is 0 Å². The molecule has 2 rings (SSSR count). The summed E-state index contributed by atoms with van der Waals surface area (Å²) in [4.78, 5) is 31.8. The Morgan fingerprint density at radius 2 is 2.06 bits per heavy atom. The van der Waals surface area contributed by atoms with E-state index in [0.717, 1.165) is 0 Å². The van der Waals surface area contributed by atoms with Crippen LogP contribution in [0.2, 0.25) is 0 Å². The third-order valence-corrected chi connectivity index (χ3v) is 2.29. The van der Waals surface area contributed by atoms with Crippen LogP contribution in [0.25, 0.3) is 0 Å². The Balaban J connectivity index is 0.000000357. The molecule has 2 fully saturated rings. The number of hydrogen-bond acceptors (Lipinski definition) is 5. The number of nitrogens with two attached hydrogens (primary N) is 1. The van der Waals surface area contributed by atoms with Gasteiger partial charge in [-0.1, -0.05) is 0 Å². The Kier molecular flexibility index (Phi) is 4.10. The molecule has 18 heavy (non-hydrogen) atoms. The van der Waals surface area contributed by atoms with Crippen LogP contribution in [0, 0.1) is 0 Å². The molecule has 2 aliphatic rings. The van der Waals surface area contributed by atoms with Crippen molar-refractivity contribution in [2.45, 2.75) is 18.7 Å². The highest BCUT2D eigenvalue weighted by atomic mass is 16.5. The molecule has 0 aromatic carbocycles. The molecule has 0 saturated carbocycles. The van der Waals surface area contributed by atoms with Gasteiger partial charge in [-0.25, -0.2) is 9.59 Å². The Morgan fingerprint density at radius 3 is 2.44 bits per heavy atom. The lowest BCUT2D eigenvalue weighted by atomic mass is 10.1. The molecular weight excluding hydrogens is 248 g/mol. The number of aliphatic hydroxyl groups is 1. The Hall–Kier alpha value is -2.29. The van der Waals surface area contributed by atoms with Crippen LogP contribution >= 0.6 is 0 Å². The summed E-state index contributed by atoms with van der Waals surface area (Å²) in [7, 11) is 0. The first-order chi connectivity index (χ1) is 8.38. The van der Waals surface area contributed by atoms with Gasteiger partial charge >= 0.3 is 12.1 Å². The molecule has 5 N–H and O–H groups in total. The van der Waals surface area contributed by atoms with Gasteiger partial charge in [0.25, 0.3) is 0 Å². The minimum absolute atomic E-state index is 0.149. The van der Waals surface area contributed by atoms with Gasteiger partial charge in [0.15, 0.2) is 12.3 Å². The fourth-order valence-corrected chi connectivity index (χ4v) is 1.66. The highest BCUT2D eigenvalue weighted by Gasteiger charge is 2.53. The topological polar surface area (TPSA) is 150 Å². The smallest absolute Gasteiger partial charge is 0.402 e. The number of carboxylic acid groups (broad SMARTS) is 2. The second-order valence-electron chi connectivity index (χ2n) is 3.45. The molecule has 0 radical (unpaired) electrons. The van der Waals surface area contributed by atoms with E-state index in [1.165, 1.54) is 11.0 Å². The van der Waals surface area contributed by atoms with E-state index >= 15 is 0 Å². The zero-order valence-electron chi connectivity index (χ0n) is 9.15. The maximum Gasteiger partial charge on any atom is 0.402 e. The highest BCUT2D eigenvalue weighted by Crippen LogP contribution is 2.36. The first kappa shape index (κ1) is 13.8. The van der Waals surface area contributed by atoms with Gasteiger partial charge in [0.2, 0.25) is 5.91 Å². The van der Waals surface area contributed by atoms with E-state index in [2.05, 4.69) is 5.73 Å². The molecule has 2 aliphatic heterocycles. The van der Waals surface area contributed by atoms with Gasteiger partial charge in [0.05, 0.1) is 13.0 Å². The van der Waals surface area contributed by atoms with Crippen molar-refractivity contribution >= 4 is 18.0 Å². The molecular formula is C9H12N2O7. The van der Waals surface area contributed by atoms with Crippen molar-refractivity contribution in [1.82, 2.24) is 4.90 Å². The Morgan fingerprint density at radius 1 is 1.50 bits per heavy atom. The average Bonchev–Trinajstić information content (AvgIpc) is 2.51. The number of aliphatic hydroxyl groups excluding tert-OH is 1. The Labute approximate surface area is 101 Å². The van der Waals surface area contributed by atoms with Gasteiger partial charge in [-0.2, -0.15) is 0 Å². The predicted molar refractivity (Wildman–Crippen MR) is 55.1 cm³/mol. The first-order valence-electron chi connectivity index (χ1n) is 4.88. The summed E-state index contributed by atoms with van der Waals surface area (Å²) in [6.45, 7) is -0.298. The van der Waals surface area contributed by atoms with Crippen molar-refractivity contribution in [3.8, 4) is 0 Å². The summed E-state index contributed by atoms with van der Waals surface area (Å²) in [5.74, 6) is -1.22. The van der Waals surface area contributed by atoms with E-state index in [1.54, 1.807) is 0 Å². The predicted octanol–water partition coefficient (Wildman–Crippen LogP) is -1.47. The number of rotatable bonds is 2. The second kappa shape index (κ2) is 5.36. The lowest BCUT2D eigenvalue weighted by molar-refractivity contribution is -0.163. The van der Waals surface area contributed by atoms with Crippen LogP contribution in [0.1, 0.15) is 6.42 Å². The molecule has 0 unspecified atom stereocenters. The van der Waals surface area contributed by atoms with E-state index in [1.807, 2.05) is 0 Å². The van der Waals surface area contributed by atoms with Gasteiger partial charge in [-0.05, 0) is 6.08 Å². The molecule has 0 aromatic heterocycles. The van der Waals surface area contributed by atoms with Gasteiger partial charge in [-0.3, -0.25) is 9.69 Å². The van der Waals surface area contributed by atoms with Crippen LogP contribution in [0.15, 0.2) is 11.8 Å². The number of fused-ring (bicyclic) bond motifs is 1. The van der Waals surface area contributed by atoms with Gasteiger partial charge in [-0.15, -0.1) is 0 Å². The number of carboxylic acids is 1. The number of carbonyl (C=O) groups is 3. The van der Waals surface area contributed by atoms with Crippen LogP contribution in [0.3, 0.4) is 0 Å². The average molecular weight is 260 g/mol.